The summed E-state index contributed by atoms with van der Waals surface area (Å²) in [5.74, 6) is 0.704. The van der Waals surface area contributed by atoms with Crippen LogP contribution in [0.2, 0.25) is 5.02 Å². The Morgan fingerprint density at radius 3 is 2.61 bits per heavy atom. The van der Waals surface area contributed by atoms with E-state index in [4.69, 9.17) is 11.6 Å². The summed E-state index contributed by atoms with van der Waals surface area (Å²) in [5, 5.41) is 10.3. The number of rotatable bonds is 8. The molecule has 1 fully saturated rings. The summed E-state index contributed by atoms with van der Waals surface area (Å²) < 4.78 is 0. The molecule has 0 radical (unpaired) electrons. The Bertz CT molecular complexity index is 895. The maximum atomic E-state index is 11.8. The Morgan fingerprint density at radius 1 is 1.13 bits per heavy atom. The SMILES string of the molecule is CN=C(NCCc1cccc(C(=O)NC)c1)NCC(c1cccc(Cl)c1)N1CCCC1. The zero-order valence-electron chi connectivity index (χ0n) is 18.3. The van der Waals surface area contributed by atoms with Gasteiger partial charge in [-0.05, 0) is 67.7 Å². The van der Waals surface area contributed by atoms with Gasteiger partial charge in [0.05, 0.1) is 6.04 Å². The molecule has 1 amide bonds. The van der Waals surface area contributed by atoms with Gasteiger partial charge < -0.3 is 16.0 Å². The third-order valence-electron chi connectivity index (χ3n) is 5.62. The molecule has 0 aromatic heterocycles. The predicted molar refractivity (Wildman–Crippen MR) is 128 cm³/mol. The van der Waals surface area contributed by atoms with E-state index in [1.54, 1.807) is 14.1 Å². The molecule has 6 nitrogen and oxygen atoms in total. The van der Waals surface area contributed by atoms with Crippen molar-refractivity contribution in [3.63, 3.8) is 0 Å². The molecule has 3 N–H and O–H groups in total. The molecular weight excluding hydrogens is 410 g/mol. The van der Waals surface area contributed by atoms with E-state index in [0.717, 1.165) is 49.1 Å². The van der Waals surface area contributed by atoms with Crippen LogP contribution in [0.15, 0.2) is 53.5 Å². The van der Waals surface area contributed by atoms with Gasteiger partial charge in [0.2, 0.25) is 0 Å². The van der Waals surface area contributed by atoms with E-state index in [0.29, 0.717) is 5.56 Å². The molecule has 0 bridgehead atoms. The molecule has 0 aliphatic carbocycles. The van der Waals surface area contributed by atoms with Gasteiger partial charge in [-0.1, -0.05) is 35.9 Å². The van der Waals surface area contributed by atoms with Crippen LogP contribution in [0.5, 0.6) is 0 Å². The first-order valence-corrected chi connectivity index (χ1v) is 11.2. The van der Waals surface area contributed by atoms with Crippen molar-refractivity contribution in [3.05, 3.63) is 70.2 Å². The van der Waals surface area contributed by atoms with Crippen molar-refractivity contribution in [3.8, 4) is 0 Å². The van der Waals surface area contributed by atoms with Crippen molar-refractivity contribution in [2.24, 2.45) is 4.99 Å². The molecule has 1 unspecified atom stereocenters. The molecular formula is C24H32ClN5O. The van der Waals surface area contributed by atoms with Crippen molar-refractivity contribution in [2.75, 3.05) is 40.3 Å². The zero-order valence-corrected chi connectivity index (χ0v) is 19.1. The first kappa shape index (κ1) is 23.1. The van der Waals surface area contributed by atoms with Gasteiger partial charge in [-0.25, -0.2) is 0 Å². The van der Waals surface area contributed by atoms with E-state index >= 15 is 0 Å². The number of carbonyl (C=O) groups excluding carboxylic acids is 1. The lowest BCUT2D eigenvalue weighted by atomic mass is 10.1. The maximum absolute atomic E-state index is 11.8. The maximum Gasteiger partial charge on any atom is 0.251 e. The van der Waals surface area contributed by atoms with E-state index < -0.39 is 0 Å². The van der Waals surface area contributed by atoms with Gasteiger partial charge in [0.1, 0.15) is 0 Å². The number of hydrogen-bond donors (Lipinski definition) is 3. The minimum Gasteiger partial charge on any atom is -0.356 e. The van der Waals surface area contributed by atoms with Crippen LogP contribution >= 0.6 is 11.6 Å². The Kier molecular flexibility index (Phi) is 8.74. The Hall–Kier alpha value is -2.57. The summed E-state index contributed by atoms with van der Waals surface area (Å²) in [7, 11) is 3.43. The number of benzene rings is 2. The highest BCUT2D eigenvalue weighted by molar-refractivity contribution is 6.30. The molecule has 7 heteroatoms. The van der Waals surface area contributed by atoms with E-state index in [1.165, 1.54) is 18.4 Å². The number of aliphatic imine (C=N–C) groups is 1. The van der Waals surface area contributed by atoms with Crippen molar-refractivity contribution in [2.45, 2.75) is 25.3 Å². The summed E-state index contributed by atoms with van der Waals surface area (Å²) in [4.78, 5) is 18.7. The molecule has 31 heavy (non-hydrogen) atoms. The topological polar surface area (TPSA) is 68.8 Å². The minimum atomic E-state index is -0.0683. The summed E-state index contributed by atoms with van der Waals surface area (Å²) in [6.07, 6.45) is 3.27. The van der Waals surface area contributed by atoms with E-state index in [9.17, 15) is 4.79 Å². The van der Waals surface area contributed by atoms with Crippen molar-refractivity contribution < 1.29 is 4.79 Å². The highest BCUT2D eigenvalue weighted by Gasteiger charge is 2.23. The highest BCUT2D eigenvalue weighted by atomic mass is 35.5. The van der Waals surface area contributed by atoms with E-state index in [1.807, 2.05) is 36.4 Å². The molecule has 2 aromatic rings. The van der Waals surface area contributed by atoms with Gasteiger partial charge >= 0.3 is 0 Å². The van der Waals surface area contributed by atoms with Gasteiger partial charge in [0, 0.05) is 37.8 Å². The molecule has 166 valence electrons. The zero-order chi connectivity index (χ0) is 22.1. The summed E-state index contributed by atoms with van der Waals surface area (Å²) >= 11 is 6.25. The average Bonchev–Trinajstić information content (AvgIpc) is 3.32. The molecule has 1 aliphatic heterocycles. The fourth-order valence-electron chi connectivity index (χ4n) is 3.98. The predicted octanol–water partition coefficient (Wildman–Crippen LogP) is 3.24. The third kappa shape index (κ3) is 6.71. The van der Waals surface area contributed by atoms with Crippen molar-refractivity contribution >= 4 is 23.5 Å². The normalized spacial score (nSPS) is 15.5. The number of amides is 1. The smallest absolute Gasteiger partial charge is 0.251 e. The summed E-state index contributed by atoms with van der Waals surface area (Å²) in [5.41, 5.74) is 3.01. The highest BCUT2D eigenvalue weighted by Crippen LogP contribution is 2.26. The fraction of sp³-hybridized carbons (Fsp3) is 0.417. The Balaban J connectivity index is 1.55. The van der Waals surface area contributed by atoms with Crippen LogP contribution in [0.3, 0.4) is 0 Å². The fourth-order valence-corrected chi connectivity index (χ4v) is 4.18. The van der Waals surface area contributed by atoms with Crippen molar-refractivity contribution in [1.29, 1.82) is 0 Å². The number of likely N-dealkylation sites (tertiary alicyclic amines) is 1. The lowest BCUT2D eigenvalue weighted by molar-refractivity contribution is 0.0963. The monoisotopic (exact) mass is 441 g/mol. The molecule has 2 aromatic carbocycles. The molecule has 1 aliphatic rings. The lowest BCUT2D eigenvalue weighted by Crippen LogP contribution is -2.43. The van der Waals surface area contributed by atoms with E-state index in [2.05, 4.69) is 38.0 Å². The lowest BCUT2D eigenvalue weighted by Gasteiger charge is -2.29. The van der Waals surface area contributed by atoms with Crippen LogP contribution in [0.1, 0.15) is 40.4 Å². The van der Waals surface area contributed by atoms with Crippen LogP contribution < -0.4 is 16.0 Å². The van der Waals surface area contributed by atoms with Crippen LogP contribution in [0.4, 0.5) is 0 Å². The average molecular weight is 442 g/mol. The quantitative estimate of drug-likeness (QED) is 0.434. The number of carbonyl (C=O) groups is 1. The molecule has 1 heterocycles. The van der Waals surface area contributed by atoms with Gasteiger partial charge in [-0.2, -0.15) is 0 Å². The number of hydrogen-bond acceptors (Lipinski definition) is 3. The first-order chi connectivity index (χ1) is 15.1. The van der Waals surface area contributed by atoms with Crippen LogP contribution in [-0.4, -0.2) is 57.0 Å². The number of nitrogens with zero attached hydrogens (tertiary/aromatic N) is 2. The molecule has 3 rings (SSSR count). The molecule has 0 spiro atoms. The molecule has 0 saturated carbocycles. The van der Waals surface area contributed by atoms with Crippen LogP contribution in [-0.2, 0) is 6.42 Å². The summed E-state index contributed by atoms with van der Waals surface area (Å²) in [6.45, 7) is 3.69. The standard InChI is InChI=1S/C24H32ClN5O/c1-26-23(31)20-9-5-7-18(15-20)11-12-28-24(27-2)29-17-22(30-13-3-4-14-30)19-8-6-10-21(25)16-19/h5-10,15-16,22H,3-4,11-14,17H2,1-2H3,(H,26,31)(H2,27,28,29). The number of halogens is 1. The van der Waals surface area contributed by atoms with Gasteiger partial charge in [0.15, 0.2) is 5.96 Å². The van der Waals surface area contributed by atoms with Gasteiger partial charge in [-0.15, -0.1) is 0 Å². The minimum absolute atomic E-state index is 0.0683. The largest absolute Gasteiger partial charge is 0.356 e. The number of nitrogens with one attached hydrogen (secondary N) is 3. The Labute approximate surface area is 190 Å². The van der Waals surface area contributed by atoms with Crippen molar-refractivity contribution in [1.82, 2.24) is 20.9 Å². The summed E-state index contributed by atoms with van der Waals surface area (Å²) in [6, 6.07) is 16.1. The molecule has 1 saturated heterocycles. The number of guanidine groups is 1. The van der Waals surface area contributed by atoms with Crippen LogP contribution in [0.25, 0.3) is 0 Å². The molecule has 1 atom stereocenters. The van der Waals surface area contributed by atoms with Crippen LogP contribution in [0, 0.1) is 0 Å². The third-order valence-corrected chi connectivity index (χ3v) is 5.86. The first-order valence-electron chi connectivity index (χ1n) is 10.9. The second-order valence-electron chi connectivity index (χ2n) is 7.72. The Morgan fingerprint density at radius 2 is 1.90 bits per heavy atom. The van der Waals surface area contributed by atoms with Gasteiger partial charge in [0.25, 0.3) is 5.91 Å². The van der Waals surface area contributed by atoms with E-state index in [-0.39, 0.29) is 11.9 Å². The van der Waals surface area contributed by atoms with Gasteiger partial charge in [-0.3, -0.25) is 14.7 Å². The second kappa shape index (κ2) is 11.7. The second-order valence-corrected chi connectivity index (χ2v) is 8.16.